The van der Waals surface area contributed by atoms with Crippen molar-refractivity contribution in [2.45, 2.75) is 77.4 Å². The Morgan fingerprint density at radius 3 is 2.71 bits per heavy atom. The van der Waals surface area contributed by atoms with E-state index in [9.17, 15) is 9.59 Å². The van der Waals surface area contributed by atoms with Gasteiger partial charge in [0.15, 0.2) is 10.3 Å². The number of aromatic nitrogens is 4. The molecule has 10 heteroatoms. The van der Waals surface area contributed by atoms with E-state index in [4.69, 9.17) is 4.74 Å². The van der Waals surface area contributed by atoms with Crippen LogP contribution in [0.2, 0.25) is 0 Å². The summed E-state index contributed by atoms with van der Waals surface area (Å²) in [6.45, 7) is 6.64. The minimum absolute atomic E-state index is 0.191. The number of aryl methyl sites for hydroxylation is 2. The van der Waals surface area contributed by atoms with Crippen LogP contribution in [0.25, 0.3) is 0 Å². The summed E-state index contributed by atoms with van der Waals surface area (Å²) in [5.41, 5.74) is 0.555. The SMILES string of the molecule is CCOC(=O)c1sc(NC(=O)CSc2nnc(CCC3CCCCC3)n2CC)nc1C. The Balaban J connectivity index is 1.52. The molecular formula is C21H31N5O3S2. The molecule has 1 fully saturated rings. The first-order valence-corrected chi connectivity index (χ1v) is 12.8. The number of amides is 1. The highest BCUT2D eigenvalue weighted by atomic mass is 32.2. The highest BCUT2D eigenvalue weighted by Gasteiger charge is 2.19. The van der Waals surface area contributed by atoms with Crippen LogP contribution in [0.1, 0.15) is 73.6 Å². The van der Waals surface area contributed by atoms with Gasteiger partial charge in [-0.05, 0) is 33.1 Å². The summed E-state index contributed by atoms with van der Waals surface area (Å²) in [5, 5.41) is 12.6. The van der Waals surface area contributed by atoms with E-state index >= 15 is 0 Å². The van der Waals surface area contributed by atoms with Gasteiger partial charge in [0.05, 0.1) is 18.1 Å². The Hall–Kier alpha value is -1.94. The smallest absolute Gasteiger partial charge is 0.350 e. The maximum Gasteiger partial charge on any atom is 0.350 e. The lowest BCUT2D eigenvalue weighted by Crippen LogP contribution is -2.14. The van der Waals surface area contributed by atoms with E-state index in [2.05, 4.69) is 32.0 Å². The summed E-state index contributed by atoms with van der Waals surface area (Å²) in [4.78, 5) is 29.0. The zero-order chi connectivity index (χ0) is 22.2. The molecule has 0 radical (unpaired) electrons. The van der Waals surface area contributed by atoms with Gasteiger partial charge in [-0.25, -0.2) is 9.78 Å². The van der Waals surface area contributed by atoms with Crippen molar-refractivity contribution >= 4 is 40.1 Å². The lowest BCUT2D eigenvalue weighted by Gasteiger charge is -2.21. The number of nitrogens with one attached hydrogen (secondary N) is 1. The van der Waals surface area contributed by atoms with Crippen LogP contribution in [0.15, 0.2) is 5.16 Å². The van der Waals surface area contributed by atoms with E-state index in [-0.39, 0.29) is 11.7 Å². The Kier molecular flexibility index (Phi) is 8.89. The summed E-state index contributed by atoms with van der Waals surface area (Å²) >= 11 is 2.50. The van der Waals surface area contributed by atoms with Crippen LogP contribution in [0.4, 0.5) is 5.13 Å². The van der Waals surface area contributed by atoms with E-state index in [1.54, 1.807) is 13.8 Å². The van der Waals surface area contributed by atoms with Crippen molar-refractivity contribution < 1.29 is 14.3 Å². The molecule has 2 aromatic heterocycles. The lowest BCUT2D eigenvalue weighted by atomic mass is 9.86. The van der Waals surface area contributed by atoms with Gasteiger partial charge in [0.25, 0.3) is 0 Å². The second-order valence-electron chi connectivity index (χ2n) is 7.68. The fourth-order valence-corrected chi connectivity index (χ4v) is 5.56. The first kappa shape index (κ1) is 23.7. The molecule has 0 aliphatic heterocycles. The Morgan fingerprint density at radius 2 is 2.00 bits per heavy atom. The van der Waals surface area contributed by atoms with Gasteiger partial charge < -0.3 is 14.6 Å². The number of rotatable bonds is 10. The quantitative estimate of drug-likeness (QED) is 0.408. The summed E-state index contributed by atoms with van der Waals surface area (Å²) in [6.07, 6.45) is 8.83. The van der Waals surface area contributed by atoms with Crippen molar-refractivity contribution in [2.75, 3.05) is 17.7 Å². The molecule has 8 nitrogen and oxygen atoms in total. The average Bonchev–Trinajstić information content (AvgIpc) is 3.33. The molecule has 1 amide bonds. The topological polar surface area (TPSA) is 99.0 Å². The fraction of sp³-hybridized carbons (Fsp3) is 0.667. The number of nitrogens with zero attached hydrogens (tertiary/aromatic N) is 4. The monoisotopic (exact) mass is 465 g/mol. The number of hydrogen-bond donors (Lipinski definition) is 1. The van der Waals surface area contributed by atoms with E-state index in [0.717, 1.165) is 47.6 Å². The minimum Gasteiger partial charge on any atom is -0.462 e. The molecule has 1 aliphatic rings. The second kappa shape index (κ2) is 11.6. The molecule has 0 bridgehead atoms. The highest BCUT2D eigenvalue weighted by molar-refractivity contribution is 7.99. The number of carbonyl (C=O) groups is 2. The van der Waals surface area contributed by atoms with Gasteiger partial charge >= 0.3 is 5.97 Å². The van der Waals surface area contributed by atoms with Crippen LogP contribution < -0.4 is 5.32 Å². The van der Waals surface area contributed by atoms with Gasteiger partial charge in [-0.2, -0.15) is 0 Å². The predicted molar refractivity (Wildman–Crippen MR) is 123 cm³/mol. The van der Waals surface area contributed by atoms with Gasteiger partial charge in [-0.1, -0.05) is 55.2 Å². The number of carbonyl (C=O) groups excluding carboxylic acids is 2. The number of thioether (sulfide) groups is 1. The third-order valence-corrected chi connectivity index (χ3v) is 7.47. The molecule has 0 atom stereocenters. The first-order chi connectivity index (χ1) is 15.0. The van der Waals surface area contributed by atoms with Crippen molar-refractivity contribution in [1.82, 2.24) is 19.7 Å². The number of esters is 1. The minimum atomic E-state index is -0.413. The standard InChI is InChI=1S/C21H31N5O3S2/c1-4-26-16(12-11-15-9-7-6-8-10-15)24-25-21(26)30-13-17(27)23-20-22-14(3)18(31-20)19(28)29-5-2/h15H,4-13H2,1-3H3,(H,22,23,27). The second-order valence-corrected chi connectivity index (χ2v) is 9.62. The van der Waals surface area contributed by atoms with Crippen molar-refractivity contribution in [3.8, 4) is 0 Å². The largest absolute Gasteiger partial charge is 0.462 e. The van der Waals surface area contributed by atoms with E-state index < -0.39 is 5.97 Å². The van der Waals surface area contributed by atoms with Crippen molar-refractivity contribution in [1.29, 1.82) is 0 Å². The van der Waals surface area contributed by atoms with Gasteiger partial charge in [0.2, 0.25) is 5.91 Å². The summed E-state index contributed by atoms with van der Waals surface area (Å²) in [7, 11) is 0. The summed E-state index contributed by atoms with van der Waals surface area (Å²) in [5.74, 6) is 1.41. The third kappa shape index (κ3) is 6.52. The zero-order valence-corrected chi connectivity index (χ0v) is 20.1. The summed E-state index contributed by atoms with van der Waals surface area (Å²) in [6, 6.07) is 0. The summed E-state index contributed by atoms with van der Waals surface area (Å²) < 4.78 is 7.12. The zero-order valence-electron chi connectivity index (χ0n) is 18.5. The average molecular weight is 466 g/mol. The third-order valence-electron chi connectivity index (χ3n) is 5.45. The molecule has 1 aliphatic carbocycles. The normalized spacial score (nSPS) is 14.5. The highest BCUT2D eigenvalue weighted by Crippen LogP contribution is 2.28. The van der Waals surface area contributed by atoms with Gasteiger partial charge in [-0.3, -0.25) is 4.79 Å². The molecule has 0 unspecified atom stereocenters. The molecule has 2 aromatic rings. The van der Waals surface area contributed by atoms with E-state index in [1.165, 1.54) is 43.9 Å². The lowest BCUT2D eigenvalue weighted by molar-refractivity contribution is -0.113. The van der Waals surface area contributed by atoms with Crippen molar-refractivity contribution in [3.05, 3.63) is 16.4 Å². The fourth-order valence-electron chi connectivity index (χ4n) is 3.86. The molecule has 0 saturated heterocycles. The Labute approximate surface area is 191 Å². The maximum atomic E-state index is 12.4. The van der Waals surface area contributed by atoms with Gasteiger partial charge in [0.1, 0.15) is 10.7 Å². The van der Waals surface area contributed by atoms with Crippen LogP contribution in [0.3, 0.4) is 0 Å². The van der Waals surface area contributed by atoms with Gasteiger partial charge in [0, 0.05) is 13.0 Å². The predicted octanol–water partition coefficient (Wildman–Crippen LogP) is 4.48. The number of thiazole rings is 1. The molecule has 3 rings (SSSR count). The van der Waals surface area contributed by atoms with Crippen LogP contribution in [0, 0.1) is 12.8 Å². The number of ether oxygens (including phenoxy) is 1. The molecule has 2 heterocycles. The van der Waals surface area contributed by atoms with Crippen LogP contribution >= 0.6 is 23.1 Å². The van der Waals surface area contributed by atoms with Crippen LogP contribution in [-0.4, -0.2) is 44.0 Å². The maximum absolute atomic E-state index is 12.4. The van der Waals surface area contributed by atoms with Crippen LogP contribution in [0.5, 0.6) is 0 Å². The van der Waals surface area contributed by atoms with Gasteiger partial charge in [-0.15, -0.1) is 10.2 Å². The van der Waals surface area contributed by atoms with Crippen LogP contribution in [-0.2, 0) is 22.5 Å². The molecule has 170 valence electrons. The molecule has 1 N–H and O–H groups in total. The molecular weight excluding hydrogens is 434 g/mol. The number of anilines is 1. The molecule has 0 spiro atoms. The van der Waals surface area contributed by atoms with Crippen molar-refractivity contribution in [2.24, 2.45) is 5.92 Å². The molecule has 31 heavy (non-hydrogen) atoms. The Morgan fingerprint density at radius 1 is 1.23 bits per heavy atom. The number of hydrogen-bond acceptors (Lipinski definition) is 8. The van der Waals surface area contributed by atoms with Crippen molar-refractivity contribution in [3.63, 3.8) is 0 Å². The molecule has 1 saturated carbocycles. The van der Waals surface area contributed by atoms with E-state index in [1.807, 2.05) is 0 Å². The Bertz CT molecular complexity index is 890. The first-order valence-electron chi connectivity index (χ1n) is 11.0. The molecule has 0 aromatic carbocycles. The van der Waals surface area contributed by atoms with E-state index in [0.29, 0.717) is 22.3 Å².